The molecular weight excluding hydrogens is 204 g/mol. The topological polar surface area (TPSA) is 36.1 Å². The zero-order valence-electron chi connectivity index (χ0n) is 8.92. The maximum atomic E-state index is 9.09. The van der Waals surface area contributed by atoms with Crippen molar-refractivity contribution in [3.63, 3.8) is 0 Å². The molecule has 0 radical (unpaired) electrons. The first-order valence-corrected chi connectivity index (χ1v) is 5.93. The van der Waals surface area contributed by atoms with Crippen molar-refractivity contribution in [2.45, 2.75) is 39.0 Å². The number of dihydropyridines is 1. The predicted molar refractivity (Wildman–Crippen MR) is 64.9 cm³/mol. The Balaban J connectivity index is 2.43. The highest BCUT2D eigenvalue weighted by Crippen LogP contribution is 2.36. The summed E-state index contributed by atoms with van der Waals surface area (Å²) in [7, 11) is 0. The van der Waals surface area contributed by atoms with Crippen molar-refractivity contribution in [1.82, 2.24) is 0 Å². The zero-order valence-corrected chi connectivity index (χ0v) is 9.73. The molecule has 3 heteroatoms. The summed E-state index contributed by atoms with van der Waals surface area (Å²) in [4.78, 5) is 4.92. The van der Waals surface area contributed by atoms with E-state index in [1.807, 2.05) is 0 Å². The molecule has 1 aliphatic carbocycles. The van der Waals surface area contributed by atoms with Crippen LogP contribution in [-0.4, -0.2) is 10.7 Å². The molecule has 1 fully saturated rings. The lowest BCUT2D eigenvalue weighted by Crippen LogP contribution is -2.27. The molecule has 0 aromatic carbocycles. The van der Waals surface area contributed by atoms with Crippen molar-refractivity contribution < 1.29 is 0 Å². The fourth-order valence-electron chi connectivity index (χ4n) is 2.53. The van der Waals surface area contributed by atoms with E-state index in [0.717, 1.165) is 19.3 Å². The van der Waals surface area contributed by atoms with Crippen LogP contribution in [0.5, 0.6) is 0 Å². The number of hydrogen-bond acceptors (Lipinski definition) is 2. The summed E-state index contributed by atoms with van der Waals surface area (Å²) >= 11 is 5.17. The second kappa shape index (κ2) is 4.24. The molecule has 0 saturated heterocycles. The molecule has 0 N–H and O–H groups in total. The van der Waals surface area contributed by atoms with Crippen molar-refractivity contribution >= 4 is 22.9 Å². The van der Waals surface area contributed by atoms with Gasteiger partial charge in [-0.1, -0.05) is 25.6 Å². The van der Waals surface area contributed by atoms with E-state index < -0.39 is 0 Å². The lowest BCUT2D eigenvalue weighted by Gasteiger charge is -2.30. The number of rotatable bonds is 1. The molecule has 1 unspecified atom stereocenters. The van der Waals surface area contributed by atoms with Crippen LogP contribution in [0.3, 0.4) is 0 Å². The smallest absolute Gasteiger partial charge is 0.143 e. The molecule has 78 valence electrons. The van der Waals surface area contributed by atoms with Crippen LogP contribution in [-0.2, 0) is 0 Å². The number of thiocarbonyl (C=S) groups is 1. The molecule has 2 rings (SSSR count). The van der Waals surface area contributed by atoms with Gasteiger partial charge in [-0.25, -0.2) is 4.99 Å². The van der Waals surface area contributed by atoms with Gasteiger partial charge < -0.3 is 0 Å². The normalized spacial score (nSPS) is 25.7. The van der Waals surface area contributed by atoms with Crippen molar-refractivity contribution in [2.24, 2.45) is 10.9 Å². The Hall–Kier alpha value is -1.01. The fourth-order valence-corrected chi connectivity index (χ4v) is 2.82. The average molecular weight is 218 g/mol. The van der Waals surface area contributed by atoms with Crippen molar-refractivity contribution in [2.75, 3.05) is 0 Å². The number of allylic oxidation sites excluding steroid dienone is 1. The molecule has 2 nitrogen and oxygen atoms in total. The number of nitriles is 1. The molecule has 0 aromatic heterocycles. The third-order valence-corrected chi connectivity index (χ3v) is 3.56. The van der Waals surface area contributed by atoms with Crippen molar-refractivity contribution in [1.29, 1.82) is 5.26 Å². The lowest BCUT2D eigenvalue weighted by atomic mass is 9.77. The van der Waals surface area contributed by atoms with Crippen LogP contribution in [0, 0.1) is 17.2 Å². The van der Waals surface area contributed by atoms with Crippen LogP contribution in [0.25, 0.3) is 0 Å². The number of nitrogens with zero attached hydrogens (tertiary/aromatic N) is 2. The van der Waals surface area contributed by atoms with Crippen LogP contribution in [0.15, 0.2) is 16.1 Å². The second-order valence-electron chi connectivity index (χ2n) is 4.07. The van der Waals surface area contributed by atoms with Crippen LogP contribution in [0.2, 0.25) is 0 Å². The van der Waals surface area contributed by atoms with Gasteiger partial charge >= 0.3 is 0 Å². The number of hydrogen-bond donors (Lipinski definition) is 0. The lowest BCUT2D eigenvalue weighted by molar-refractivity contribution is 0.531. The van der Waals surface area contributed by atoms with Gasteiger partial charge in [-0.05, 0) is 31.3 Å². The van der Waals surface area contributed by atoms with Crippen molar-refractivity contribution in [3.05, 3.63) is 11.1 Å². The van der Waals surface area contributed by atoms with E-state index in [2.05, 4.69) is 18.0 Å². The standard InChI is InChI=1S/C12H14N2S/c1-2-11-9-6-4-3-5-8(9)10(7-13)12(15)14-11/h9H,2-6H2,1H3. The Labute approximate surface area is 95.7 Å². The van der Waals surface area contributed by atoms with Gasteiger partial charge in [0.15, 0.2) is 0 Å². The minimum atomic E-state index is 0.421. The van der Waals surface area contributed by atoms with Gasteiger partial charge in [-0.2, -0.15) is 5.26 Å². The van der Waals surface area contributed by atoms with Gasteiger partial charge in [0.25, 0.3) is 0 Å². The Morgan fingerprint density at radius 3 is 3.00 bits per heavy atom. The molecule has 0 aromatic rings. The minimum Gasteiger partial charge on any atom is -0.244 e. The third kappa shape index (κ3) is 1.74. The maximum absolute atomic E-state index is 9.09. The Morgan fingerprint density at radius 2 is 2.33 bits per heavy atom. The van der Waals surface area contributed by atoms with Gasteiger partial charge in [0, 0.05) is 11.6 Å². The molecule has 1 saturated carbocycles. The largest absolute Gasteiger partial charge is 0.244 e. The zero-order chi connectivity index (χ0) is 10.8. The highest BCUT2D eigenvalue weighted by molar-refractivity contribution is 7.80. The third-order valence-electron chi connectivity index (χ3n) is 3.27. The van der Waals surface area contributed by atoms with Crippen LogP contribution in [0.1, 0.15) is 39.0 Å². The quantitative estimate of drug-likeness (QED) is 0.634. The highest BCUT2D eigenvalue weighted by Gasteiger charge is 2.30. The van der Waals surface area contributed by atoms with Gasteiger partial charge in [-0.15, -0.1) is 0 Å². The summed E-state index contributed by atoms with van der Waals surface area (Å²) in [6, 6.07) is 2.23. The Kier molecular flexibility index (Phi) is 2.97. The van der Waals surface area contributed by atoms with E-state index in [-0.39, 0.29) is 0 Å². The fraction of sp³-hybridized carbons (Fsp3) is 0.583. The van der Waals surface area contributed by atoms with Gasteiger partial charge in [0.1, 0.15) is 11.1 Å². The van der Waals surface area contributed by atoms with Crippen LogP contribution >= 0.6 is 12.2 Å². The van der Waals surface area contributed by atoms with E-state index in [9.17, 15) is 0 Å². The summed E-state index contributed by atoms with van der Waals surface area (Å²) in [5, 5.41) is 9.09. The Bertz CT molecular complexity index is 398. The molecule has 1 atom stereocenters. The summed E-state index contributed by atoms with van der Waals surface area (Å²) < 4.78 is 0. The monoisotopic (exact) mass is 218 g/mol. The van der Waals surface area contributed by atoms with Gasteiger partial charge in [0.2, 0.25) is 0 Å². The SMILES string of the molecule is CCC1=NC(=S)C(C#N)=C2CCCCC12. The van der Waals surface area contributed by atoms with Gasteiger partial charge in [-0.3, -0.25) is 0 Å². The summed E-state index contributed by atoms with van der Waals surface area (Å²) in [6.45, 7) is 2.12. The average Bonchev–Trinajstić information content (AvgIpc) is 2.28. The first-order valence-electron chi connectivity index (χ1n) is 5.52. The van der Waals surface area contributed by atoms with E-state index in [1.165, 1.54) is 24.1 Å². The van der Waals surface area contributed by atoms with Crippen molar-refractivity contribution in [3.8, 4) is 6.07 Å². The first kappa shape index (κ1) is 10.5. The van der Waals surface area contributed by atoms with E-state index in [1.54, 1.807) is 0 Å². The van der Waals surface area contributed by atoms with Crippen LogP contribution in [0.4, 0.5) is 0 Å². The summed E-state index contributed by atoms with van der Waals surface area (Å²) in [6.07, 6.45) is 5.57. The summed E-state index contributed by atoms with van der Waals surface area (Å²) in [5.74, 6) is 0.421. The molecule has 1 heterocycles. The number of fused-ring (bicyclic) bond motifs is 1. The highest BCUT2D eigenvalue weighted by atomic mass is 32.1. The predicted octanol–water partition coefficient (Wildman–Crippen LogP) is 3.19. The molecule has 0 amide bonds. The van der Waals surface area contributed by atoms with E-state index in [0.29, 0.717) is 16.5 Å². The molecular formula is C12H14N2S. The van der Waals surface area contributed by atoms with Gasteiger partial charge in [0.05, 0.1) is 5.57 Å². The number of aliphatic imine (C=N–C) groups is 1. The molecule has 15 heavy (non-hydrogen) atoms. The molecule has 2 aliphatic rings. The van der Waals surface area contributed by atoms with E-state index in [4.69, 9.17) is 17.5 Å². The molecule has 0 bridgehead atoms. The maximum Gasteiger partial charge on any atom is 0.143 e. The van der Waals surface area contributed by atoms with E-state index >= 15 is 0 Å². The molecule has 1 aliphatic heterocycles. The minimum absolute atomic E-state index is 0.421. The molecule has 0 spiro atoms. The first-order chi connectivity index (χ1) is 7.27. The summed E-state index contributed by atoms with van der Waals surface area (Å²) in [5.41, 5.74) is 3.14. The van der Waals surface area contributed by atoms with Crippen LogP contribution < -0.4 is 0 Å². The second-order valence-corrected chi connectivity index (χ2v) is 4.46. The Morgan fingerprint density at radius 1 is 1.53 bits per heavy atom.